The fourth-order valence-corrected chi connectivity index (χ4v) is 2.96. The van der Waals surface area contributed by atoms with E-state index in [1.807, 2.05) is 12.1 Å². The van der Waals surface area contributed by atoms with Crippen molar-refractivity contribution in [2.45, 2.75) is 51.9 Å². The Morgan fingerprint density at radius 1 is 1.16 bits per heavy atom. The summed E-state index contributed by atoms with van der Waals surface area (Å²) in [6, 6.07) is 8.02. The summed E-state index contributed by atoms with van der Waals surface area (Å²) in [6.07, 6.45) is 7.39. The molecule has 0 N–H and O–H groups in total. The summed E-state index contributed by atoms with van der Waals surface area (Å²) in [5.41, 5.74) is 1.17. The van der Waals surface area contributed by atoms with Crippen molar-refractivity contribution in [1.29, 1.82) is 0 Å². The Kier molecular flexibility index (Phi) is 4.62. The third-order valence-corrected chi connectivity index (χ3v) is 4.43. The van der Waals surface area contributed by atoms with Crippen LogP contribution in [0.2, 0.25) is 0 Å². The number of carbonyl (C=O) groups is 1. The van der Waals surface area contributed by atoms with Gasteiger partial charge in [-0.3, -0.25) is 4.79 Å². The zero-order valence-electron chi connectivity index (χ0n) is 12.1. The van der Waals surface area contributed by atoms with Crippen molar-refractivity contribution in [2.75, 3.05) is 7.11 Å². The molecule has 0 spiro atoms. The molecule has 19 heavy (non-hydrogen) atoms. The molecule has 2 heteroatoms. The number of aryl methyl sites for hydroxylation is 1. The van der Waals surface area contributed by atoms with Gasteiger partial charge >= 0.3 is 0 Å². The summed E-state index contributed by atoms with van der Waals surface area (Å²) in [6.45, 7) is 2.16. The highest BCUT2D eigenvalue weighted by atomic mass is 16.5. The van der Waals surface area contributed by atoms with Gasteiger partial charge in [0.1, 0.15) is 11.5 Å². The molecule has 0 heterocycles. The van der Waals surface area contributed by atoms with Gasteiger partial charge in [0.25, 0.3) is 0 Å². The predicted molar refractivity (Wildman–Crippen MR) is 77.5 cm³/mol. The minimum atomic E-state index is -0.0509. The third-order valence-electron chi connectivity index (χ3n) is 4.43. The van der Waals surface area contributed by atoms with Gasteiger partial charge in [-0.2, -0.15) is 0 Å². The number of hydrogen-bond acceptors (Lipinski definition) is 2. The molecule has 2 rings (SSSR count). The van der Waals surface area contributed by atoms with Crippen LogP contribution >= 0.6 is 0 Å². The van der Waals surface area contributed by atoms with Crippen molar-refractivity contribution in [3.05, 3.63) is 29.8 Å². The van der Waals surface area contributed by atoms with Gasteiger partial charge in [-0.05, 0) is 37.0 Å². The number of Topliss-reactive ketones (excluding diaryl/α,β-unsaturated/α-hetero) is 1. The maximum atomic E-state index is 12.4. The Morgan fingerprint density at radius 3 is 2.37 bits per heavy atom. The molecule has 0 aromatic heterocycles. The highest BCUT2D eigenvalue weighted by Gasteiger charge is 2.33. The summed E-state index contributed by atoms with van der Waals surface area (Å²) >= 11 is 0. The second kappa shape index (κ2) is 6.23. The van der Waals surface area contributed by atoms with Crippen molar-refractivity contribution in [2.24, 2.45) is 5.41 Å². The van der Waals surface area contributed by atoms with Gasteiger partial charge < -0.3 is 4.74 Å². The smallest absolute Gasteiger partial charge is 0.139 e. The van der Waals surface area contributed by atoms with Gasteiger partial charge in [-0.1, -0.05) is 38.3 Å². The Labute approximate surface area is 116 Å². The van der Waals surface area contributed by atoms with Gasteiger partial charge in [0.2, 0.25) is 0 Å². The first-order chi connectivity index (χ1) is 9.14. The second-order valence-electron chi connectivity index (χ2n) is 5.89. The molecule has 0 aliphatic heterocycles. The summed E-state index contributed by atoms with van der Waals surface area (Å²) in [5.74, 6) is 1.32. The third kappa shape index (κ3) is 3.59. The van der Waals surface area contributed by atoms with Gasteiger partial charge in [-0.15, -0.1) is 0 Å². The normalized spacial score (nSPS) is 18.0. The van der Waals surface area contributed by atoms with Crippen LogP contribution in [-0.4, -0.2) is 12.9 Å². The minimum absolute atomic E-state index is 0.0509. The first-order valence-electron chi connectivity index (χ1n) is 7.30. The fourth-order valence-electron chi connectivity index (χ4n) is 2.96. The summed E-state index contributed by atoms with van der Waals surface area (Å²) in [5, 5.41) is 0. The molecule has 1 aliphatic rings. The SMILES string of the molecule is COc1ccc(CCC(=O)C2(C)CCCCC2)cc1. The van der Waals surface area contributed by atoms with Gasteiger partial charge in [0, 0.05) is 11.8 Å². The van der Waals surface area contributed by atoms with Crippen LogP contribution in [0.25, 0.3) is 0 Å². The number of hydrogen-bond donors (Lipinski definition) is 0. The Bertz CT molecular complexity index is 413. The predicted octanol–water partition coefficient (Wildman–Crippen LogP) is 4.17. The monoisotopic (exact) mass is 260 g/mol. The number of carbonyl (C=O) groups excluding carboxylic acids is 1. The lowest BCUT2D eigenvalue weighted by Crippen LogP contribution is -2.30. The lowest BCUT2D eigenvalue weighted by molar-refractivity contribution is -0.129. The standard InChI is InChI=1S/C17H24O2/c1-17(12-4-3-5-13-17)16(18)11-8-14-6-9-15(19-2)10-7-14/h6-7,9-10H,3-5,8,11-13H2,1-2H3. The van der Waals surface area contributed by atoms with E-state index in [1.165, 1.54) is 24.8 Å². The molecule has 2 nitrogen and oxygen atoms in total. The maximum Gasteiger partial charge on any atom is 0.139 e. The van der Waals surface area contributed by atoms with Crippen LogP contribution in [0.15, 0.2) is 24.3 Å². The van der Waals surface area contributed by atoms with Crippen LogP contribution in [0.1, 0.15) is 51.0 Å². The molecule has 0 atom stereocenters. The van der Waals surface area contributed by atoms with E-state index in [0.29, 0.717) is 12.2 Å². The molecule has 104 valence electrons. The molecule has 1 aliphatic carbocycles. The first kappa shape index (κ1) is 14.1. The summed E-state index contributed by atoms with van der Waals surface area (Å²) < 4.78 is 5.14. The van der Waals surface area contributed by atoms with E-state index in [0.717, 1.165) is 25.0 Å². The summed E-state index contributed by atoms with van der Waals surface area (Å²) in [4.78, 5) is 12.4. The number of ether oxygens (including phenoxy) is 1. The first-order valence-corrected chi connectivity index (χ1v) is 7.30. The highest BCUT2D eigenvalue weighted by Crippen LogP contribution is 2.37. The minimum Gasteiger partial charge on any atom is -0.497 e. The number of ketones is 1. The molecule has 0 saturated heterocycles. The van der Waals surface area contributed by atoms with Crippen molar-refractivity contribution in [3.8, 4) is 5.75 Å². The van der Waals surface area contributed by atoms with E-state index in [4.69, 9.17) is 4.74 Å². The average molecular weight is 260 g/mol. The molecular formula is C17H24O2. The van der Waals surface area contributed by atoms with Crippen LogP contribution in [0, 0.1) is 5.41 Å². The molecule has 1 saturated carbocycles. The van der Waals surface area contributed by atoms with Crippen molar-refractivity contribution >= 4 is 5.78 Å². The molecule has 1 aromatic rings. The molecule has 1 aromatic carbocycles. The lowest BCUT2D eigenvalue weighted by Gasteiger charge is -2.32. The van der Waals surface area contributed by atoms with Crippen LogP contribution in [0.3, 0.4) is 0 Å². The van der Waals surface area contributed by atoms with E-state index < -0.39 is 0 Å². The molecule has 0 unspecified atom stereocenters. The van der Waals surface area contributed by atoms with E-state index in [1.54, 1.807) is 7.11 Å². The largest absolute Gasteiger partial charge is 0.497 e. The van der Waals surface area contributed by atoms with E-state index in [2.05, 4.69) is 19.1 Å². The second-order valence-corrected chi connectivity index (χ2v) is 5.89. The molecule has 0 amide bonds. The fraction of sp³-hybridized carbons (Fsp3) is 0.588. The van der Waals surface area contributed by atoms with Crippen molar-refractivity contribution in [3.63, 3.8) is 0 Å². The summed E-state index contributed by atoms with van der Waals surface area (Å²) in [7, 11) is 1.67. The van der Waals surface area contributed by atoms with E-state index in [-0.39, 0.29) is 5.41 Å². The average Bonchev–Trinajstić information content (AvgIpc) is 2.46. The van der Waals surface area contributed by atoms with Gasteiger partial charge in [0.05, 0.1) is 7.11 Å². The number of rotatable bonds is 5. The Hall–Kier alpha value is -1.31. The zero-order valence-corrected chi connectivity index (χ0v) is 12.1. The quantitative estimate of drug-likeness (QED) is 0.794. The van der Waals surface area contributed by atoms with E-state index in [9.17, 15) is 4.79 Å². The Balaban J connectivity index is 1.88. The topological polar surface area (TPSA) is 26.3 Å². The number of methoxy groups -OCH3 is 1. The molecule has 0 radical (unpaired) electrons. The lowest BCUT2D eigenvalue weighted by atomic mass is 9.71. The van der Waals surface area contributed by atoms with Crippen LogP contribution in [-0.2, 0) is 11.2 Å². The van der Waals surface area contributed by atoms with Crippen LogP contribution in [0.4, 0.5) is 0 Å². The van der Waals surface area contributed by atoms with Crippen LogP contribution in [0.5, 0.6) is 5.75 Å². The van der Waals surface area contributed by atoms with Gasteiger partial charge in [0.15, 0.2) is 0 Å². The van der Waals surface area contributed by atoms with Crippen molar-refractivity contribution in [1.82, 2.24) is 0 Å². The molecule has 1 fully saturated rings. The zero-order chi connectivity index (χ0) is 13.7. The maximum absolute atomic E-state index is 12.4. The number of benzene rings is 1. The Morgan fingerprint density at radius 2 is 1.79 bits per heavy atom. The van der Waals surface area contributed by atoms with Gasteiger partial charge in [-0.25, -0.2) is 0 Å². The molecule has 0 bridgehead atoms. The van der Waals surface area contributed by atoms with E-state index >= 15 is 0 Å². The highest BCUT2D eigenvalue weighted by molar-refractivity contribution is 5.84. The van der Waals surface area contributed by atoms with Crippen molar-refractivity contribution < 1.29 is 9.53 Å². The molecular weight excluding hydrogens is 236 g/mol. The van der Waals surface area contributed by atoms with Crippen LogP contribution < -0.4 is 4.74 Å².